The van der Waals surface area contributed by atoms with Crippen LogP contribution in [-0.2, 0) is 19.4 Å². The van der Waals surface area contributed by atoms with E-state index in [4.69, 9.17) is 0 Å². The molecule has 126 valence electrons. The highest BCUT2D eigenvalue weighted by atomic mass is 32.1. The van der Waals surface area contributed by atoms with Crippen molar-refractivity contribution in [3.8, 4) is 0 Å². The summed E-state index contributed by atoms with van der Waals surface area (Å²) in [6, 6.07) is 10.2. The van der Waals surface area contributed by atoms with Gasteiger partial charge in [-0.3, -0.25) is 4.79 Å². The smallest absolute Gasteiger partial charge is 0.275 e. The van der Waals surface area contributed by atoms with Crippen LogP contribution in [0.5, 0.6) is 0 Å². The second-order valence-corrected chi connectivity index (χ2v) is 6.88. The Morgan fingerprint density at radius 3 is 2.54 bits per heavy atom. The molecule has 0 fully saturated rings. The number of hydrogen-bond acceptors (Lipinski definition) is 5. The molecule has 1 aromatic carbocycles. The van der Waals surface area contributed by atoms with Gasteiger partial charge in [-0.1, -0.05) is 55.9 Å². The summed E-state index contributed by atoms with van der Waals surface area (Å²) in [7, 11) is 1.99. The van der Waals surface area contributed by atoms with E-state index in [1.807, 2.05) is 7.05 Å². The minimum absolute atomic E-state index is 0.105. The number of nitrogens with zero attached hydrogens (tertiary/aromatic N) is 4. The zero-order valence-electron chi connectivity index (χ0n) is 14.3. The predicted octanol–water partition coefficient (Wildman–Crippen LogP) is 3.30. The molecule has 0 aliphatic heterocycles. The molecule has 0 amide bonds. The van der Waals surface area contributed by atoms with E-state index in [9.17, 15) is 4.79 Å². The first kappa shape index (κ1) is 16.6. The van der Waals surface area contributed by atoms with Crippen LogP contribution in [0.2, 0.25) is 0 Å². The van der Waals surface area contributed by atoms with Crippen LogP contribution in [0.4, 0.5) is 5.13 Å². The summed E-state index contributed by atoms with van der Waals surface area (Å²) < 4.78 is 1.40. The van der Waals surface area contributed by atoms with Gasteiger partial charge in [0.25, 0.3) is 5.56 Å². The number of hydrogen-bond donors (Lipinski definition) is 0. The molecule has 3 aromatic rings. The van der Waals surface area contributed by atoms with Gasteiger partial charge in [-0.2, -0.15) is 4.52 Å². The molecule has 0 spiro atoms. The predicted molar refractivity (Wildman–Crippen MR) is 99.1 cm³/mol. The molecule has 0 atom stereocenters. The van der Waals surface area contributed by atoms with E-state index in [0.29, 0.717) is 4.96 Å². The lowest BCUT2D eigenvalue weighted by Crippen LogP contribution is -2.18. The number of fused-ring (bicyclic) bond motifs is 1. The molecule has 2 heterocycles. The van der Waals surface area contributed by atoms with Gasteiger partial charge in [0.1, 0.15) is 0 Å². The van der Waals surface area contributed by atoms with Crippen LogP contribution in [-0.4, -0.2) is 21.6 Å². The van der Waals surface area contributed by atoms with Gasteiger partial charge in [-0.25, -0.2) is 4.98 Å². The van der Waals surface area contributed by atoms with Gasteiger partial charge >= 0.3 is 0 Å². The lowest BCUT2D eigenvalue weighted by molar-refractivity contribution is 0.821. The minimum Gasteiger partial charge on any atom is -0.345 e. The van der Waals surface area contributed by atoms with Crippen LogP contribution in [0.3, 0.4) is 0 Å². The van der Waals surface area contributed by atoms with Crippen LogP contribution in [0.25, 0.3) is 4.96 Å². The summed E-state index contributed by atoms with van der Waals surface area (Å²) in [6.07, 6.45) is 2.84. The molecule has 3 rings (SSSR count). The van der Waals surface area contributed by atoms with Crippen molar-refractivity contribution < 1.29 is 0 Å². The summed E-state index contributed by atoms with van der Waals surface area (Å²) in [5.41, 5.74) is 3.30. The Labute approximate surface area is 145 Å². The Balaban J connectivity index is 1.85. The molecule has 24 heavy (non-hydrogen) atoms. The van der Waals surface area contributed by atoms with Gasteiger partial charge < -0.3 is 4.90 Å². The molecule has 0 saturated carbocycles. The fraction of sp³-hybridized carbons (Fsp3) is 0.389. The fourth-order valence-corrected chi connectivity index (χ4v) is 3.49. The van der Waals surface area contributed by atoms with Crippen molar-refractivity contribution >= 4 is 21.4 Å². The highest BCUT2D eigenvalue weighted by molar-refractivity contribution is 7.20. The van der Waals surface area contributed by atoms with E-state index in [-0.39, 0.29) is 5.56 Å². The number of anilines is 1. The lowest BCUT2D eigenvalue weighted by atomic mass is 10.1. The van der Waals surface area contributed by atoms with Crippen molar-refractivity contribution in [1.29, 1.82) is 0 Å². The van der Waals surface area contributed by atoms with Crippen molar-refractivity contribution in [2.45, 2.75) is 39.7 Å². The van der Waals surface area contributed by atoms with Gasteiger partial charge in [0.2, 0.25) is 10.1 Å². The molecule has 2 aromatic heterocycles. The van der Waals surface area contributed by atoms with Crippen LogP contribution in [0, 0.1) is 0 Å². The van der Waals surface area contributed by atoms with Gasteiger partial charge in [-0.15, -0.1) is 5.10 Å². The van der Waals surface area contributed by atoms with E-state index in [2.05, 4.69) is 53.1 Å². The maximum Gasteiger partial charge on any atom is 0.275 e. The van der Waals surface area contributed by atoms with Crippen molar-refractivity contribution in [1.82, 2.24) is 14.6 Å². The Morgan fingerprint density at radius 1 is 1.17 bits per heavy atom. The van der Waals surface area contributed by atoms with Crippen LogP contribution in [0.15, 0.2) is 35.1 Å². The first-order chi connectivity index (χ1) is 11.6. The summed E-state index contributed by atoms with van der Waals surface area (Å²) in [4.78, 5) is 19.5. The van der Waals surface area contributed by atoms with Crippen LogP contribution >= 0.6 is 11.3 Å². The third kappa shape index (κ3) is 3.48. The van der Waals surface area contributed by atoms with Gasteiger partial charge in [0, 0.05) is 25.4 Å². The maximum absolute atomic E-state index is 12.2. The van der Waals surface area contributed by atoms with Crippen molar-refractivity contribution in [3.63, 3.8) is 0 Å². The fourth-order valence-electron chi connectivity index (χ4n) is 2.61. The average molecular weight is 342 g/mol. The Bertz CT molecular complexity index is 882. The zero-order valence-corrected chi connectivity index (χ0v) is 15.1. The molecular weight excluding hydrogens is 320 g/mol. The number of aryl methyl sites for hydroxylation is 2. The van der Waals surface area contributed by atoms with E-state index in [0.717, 1.165) is 36.6 Å². The van der Waals surface area contributed by atoms with Gasteiger partial charge in [-0.05, 0) is 24.0 Å². The standard InChI is InChI=1S/C18H22N4OS/c1-4-6-15-11-16(23)22-17(19-15)24-18(20-22)21(3)12-14-9-7-13(5-2)8-10-14/h7-11H,4-6,12H2,1-3H3. The highest BCUT2D eigenvalue weighted by Gasteiger charge is 2.12. The molecule has 0 saturated heterocycles. The normalized spacial score (nSPS) is 11.1. The highest BCUT2D eigenvalue weighted by Crippen LogP contribution is 2.22. The lowest BCUT2D eigenvalue weighted by Gasteiger charge is -2.15. The van der Waals surface area contributed by atoms with E-state index in [1.54, 1.807) is 6.07 Å². The molecule has 0 aliphatic carbocycles. The Hall–Kier alpha value is -2.21. The third-order valence-electron chi connectivity index (χ3n) is 3.97. The summed E-state index contributed by atoms with van der Waals surface area (Å²) in [5, 5.41) is 5.23. The first-order valence-corrected chi connectivity index (χ1v) is 9.11. The number of rotatable bonds is 6. The topological polar surface area (TPSA) is 50.5 Å². The van der Waals surface area contributed by atoms with E-state index in [1.165, 1.54) is 27.0 Å². The molecule has 5 nitrogen and oxygen atoms in total. The third-order valence-corrected chi connectivity index (χ3v) is 4.99. The van der Waals surface area contributed by atoms with Crippen molar-refractivity contribution in [2.24, 2.45) is 0 Å². The second kappa shape index (κ2) is 7.13. The van der Waals surface area contributed by atoms with Crippen LogP contribution < -0.4 is 10.5 Å². The van der Waals surface area contributed by atoms with Gasteiger partial charge in [0.05, 0.1) is 0 Å². The SMILES string of the molecule is CCCc1cc(=O)n2nc(N(C)Cc3ccc(CC)cc3)sc2n1. The maximum atomic E-state index is 12.2. The van der Waals surface area contributed by atoms with Crippen molar-refractivity contribution in [3.05, 3.63) is 57.5 Å². The minimum atomic E-state index is -0.105. The first-order valence-electron chi connectivity index (χ1n) is 8.29. The second-order valence-electron chi connectivity index (χ2n) is 5.94. The summed E-state index contributed by atoms with van der Waals surface area (Å²) in [6.45, 7) is 4.99. The van der Waals surface area contributed by atoms with Gasteiger partial charge in [0.15, 0.2) is 0 Å². The molecule has 0 N–H and O–H groups in total. The van der Waals surface area contributed by atoms with Crippen molar-refractivity contribution in [2.75, 3.05) is 11.9 Å². The number of benzene rings is 1. The summed E-state index contributed by atoms with van der Waals surface area (Å²) in [5.74, 6) is 0. The largest absolute Gasteiger partial charge is 0.345 e. The monoisotopic (exact) mass is 342 g/mol. The van der Waals surface area contributed by atoms with E-state index >= 15 is 0 Å². The number of aromatic nitrogens is 3. The van der Waals surface area contributed by atoms with E-state index < -0.39 is 0 Å². The Kier molecular flexibility index (Phi) is 4.94. The molecule has 0 unspecified atom stereocenters. The quantitative estimate of drug-likeness (QED) is 0.690. The molecular formula is C18H22N4OS. The molecule has 6 heteroatoms. The summed E-state index contributed by atoms with van der Waals surface area (Å²) >= 11 is 1.45. The van der Waals surface area contributed by atoms with Crippen LogP contribution in [0.1, 0.15) is 37.1 Å². The Morgan fingerprint density at radius 2 is 1.88 bits per heavy atom. The zero-order chi connectivity index (χ0) is 17.1. The molecule has 0 aliphatic rings. The average Bonchev–Trinajstić information content (AvgIpc) is 3.01. The molecule has 0 radical (unpaired) electrons. The molecule has 0 bridgehead atoms.